The Morgan fingerprint density at radius 2 is 2.18 bits per heavy atom. The molecule has 17 heavy (non-hydrogen) atoms. The normalized spacial score (nSPS) is 12.4. The maximum absolute atomic E-state index is 6.00. The average molecular weight is 267 g/mol. The van der Waals surface area contributed by atoms with Gasteiger partial charge in [-0.3, -0.25) is 0 Å². The summed E-state index contributed by atoms with van der Waals surface area (Å²) in [6.45, 7) is 2.15. The van der Waals surface area contributed by atoms with Crippen LogP contribution < -0.4 is 11.1 Å². The third kappa shape index (κ3) is 2.73. The van der Waals surface area contributed by atoms with E-state index in [-0.39, 0.29) is 6.04 Å². The monoisotopic (exact) mass is 266 g/mol. The number of nitrogen functional groups attached to an aromatic ring is 1. The Hall–Kier alpha value is -1.19. The Balaban J connectivity index is 2.22. The van der Waals surface area contributed by atoms with Crippen molar-refractivity contribution < 1.29 is 0 Å². The SMILES string of the molecule is CCC(Nc1cccc(Cl)c1N)c1cccs1. The summed E-state index contributed by atoms with van der Waals surface area (Å²) < 4.78 is 0. The minimum absolute atomic E-state index is 0.288. The Kier molecular flexibility index (Phi) is 3.92. The number of benzene rings is 1. The molecule has 0 aliphatic carbocycles. The van der Waals surface area contributed by atoms with Crippen molar-refractivity contribution in [2.75, 3.05) is 11.1 Å². The van der Waals surface area contributed by atoms with Gasteiger partial charge in [-0.1, -0.05) is 30.7 Å². The Morgan fingerprint density at radius 3 is 2.82 bits per heavy atom. The second kappa shape index (κ2) is 5.43. The minimum atomic E-state index is 0.288. The number of halogens is 1. The molecule has 4 heteroatoms. The molecular formula is C13H15ClN2S. The predicted molar refractivity (Wildman–Crippen MR) is 76.8 cm³/mol. The summed E-state index contributed by atoms with van der Waals surface area (Å²) in [5.74, 6) is 0. The van der Waals surface area contributed by atoms with Crippen LogP contribution in [0.25, 0.3) is 0 Å². The van der Waals surface area contributed by atoms with Gasteiger partial charge >= 0.3 is 0 Å². The van der Waals surface area contributed by atoms with Crippen molar-refractivity contribution in [2.45, 2.75) is 19.4 Å². The second-order valence-corrected chi connectivity index (χ2v) is 5.21. The van der Waals surface area contributed by atoms with Crippen LogP contribution in [0.1, 0.15) is 24.3 Å². The standard InChI is InChI=1S/C13H15ClN2S/c1-2-10(12-7-4-8-17-12)16-11-6-3-5-9(14)13(11)15/h3-8,10,16H,2,15H2,1H3. The number of nitrogens with two attached hydrogens (primary N) is 1. The molecule has 2 rings (SSSR count). The topological polar surface area (TPSA) is 38.0 Å². The van der Waals surface area contributed by atoms with Crippen molar-refractivity contribution in [3.63, 3.8) is 0 Å². The summed E-state index contributed by atoms with van der Waals surface area (Å²) in [6, 6.07) is 10.1. The zero-order valence-corrected chi connectivity index (χ0v) is 11.2. The van der Waals surface area contributed by atoms with Crippen molar-refractivity contribution in [1.29, 1.82) is 0 Å². The summed E-state index contributed by atoms with van der Waals surface area (Å²) >= 11 is 7.75. The molecule has 0 aliphatic heterocycles. The van der Waals surface area contributed by atoms with Crippen molar-refractivity contribution in [3.8, 4) is 0 Å². The molecule has 1 unspecified atom stereocenters. The van der Waals surface area contributed by atoms with Gasteiger partial charge < -0.3 is 11.1 Å². The highest BCUT2D eigenvalue weighted by Gasteiger charge is 2.12. The molecule has 1 atom stereocenters. The zero-order valence-electron chi connectivity index (χ0n) is 9.61. The van der Waals surface area contributed by atoms with E-state index in [0.717, 1.165) is 12.1 Å². The number of hydrogen-bond acceptors (Lipinski definition) is 3. The van der Waals surface area contributed by atoms with Crippen molar-refractivity contribution in [3.05, 3.63) is 45.6 Å². The van der Waals surface area contributed by atoms with Crippen molar-refractivity contribution >= 4 is 34.3 Å². The fourth-order valence-electron chi connectivity index (χ4n) is 1.71. The largest absolute Gasteiger partial charge is 0.396 e. The molecule has 0 radical (unpaired) electrons. The highest BCUT2D eigenvalue weighted by molar-refractivity contribution is 7.10. The molecule has 0 spiro atoms. The third-order valence-electron chi connectivity index (χ3n) is 2.68. The highest BCUT2D eigenvalue weighted by atomic mass is 35.5. The number of thiophene rings is 1. The van der Waals surface area contributed by atoms with Crippen molar-refractivity contribution in [1.82, 2.24) is 0 Å². The van der Waals surface area contributed by atoms with Crippen LogP contribution in [0.15, 0.2) is 35.7 Å². The van der Waals surface area contributed by atoms with Crippen LogP contribution in [-0.2, 0) is 0 Å². The Labute approximate surface area is 110 Å². The number of para-hydroxylation sites is 1. The average Bonchev–Trinajstić information content (AvgIpc) is 2.85. The maximum Gasteiger partial charge on any atom is 0.0739 e. The van der Waals surface area contributed by atoms with E-state index in [1.807, 2.05) is 12.1 Å². The van der Waals surface area contributed by atoms with Crippen LogP contribution in [0, 0.1) is 0 Å². The van der Waals surface area contributed by atoms with Gasteiger partial charge in [0.15, 0.2) is 0 Å². The van der Waals surface area contributed by atoms with Crippen molar-refractivity contribution in [2.24, 2.45) is 0 Å². The number of anilines is 2. The first-order valence-corrected chi connectivity index (χ1v) is 6.82. The first-order chi connectivity index (χ1) is 8.22. The van der Waals surface area contributed by atoms with E-state index in [1.165, 1.54) is 4.88 Å². The van der Waals surface area contributed by atoms with E-state index < -0.39 is 0 Å². The molecule has 1 aromatic heterocycles. The molecule has 1 aromatic carbocycles. The van der Waals surface area contributed by atoms with Crippen LogP contribution in [0.3, 0.4) is 0 Å². The predicted octanol–water partition coefficient (Wildman–Crippen LogP) is 4.55. The van der Waals surface area contributed by atoms with E-state index in [0.29, 0.717) is 10.7 Å². The van der Waals surface area contributed by atoms with Crippen LogP contribution >= 0.6 is 22.9 Å². The van der Waals surface area contributed by atoms with E-state index in [1.54, 1.807) is 17.4 Å². The molecule has 1 heterocycles. The lowest BCUT2D eigenvalue weighted by Crippen LogP contribution is -2.09. The molecule has 0 fully saturated rings. The summed E-state index contributed by atoms with van der Waals surface area (Å²) in [7, 11) is 0. The van der Waals surface area contributed by atoms with Gasteiger partial charge in [0.1, 0.15) is 0 Å². The van der Waals surface area contributed by atoms with Crippen LogP contribution in [0.2, 0.25) is 5.02 Å². The second-order valence-electron chi connectivity index (χ2n) is 3.82. The van der Waals surface area contributed by atoms with Gasteiger partial charge in [0.05, 0.1) is 22.4 Å². The Morgan fingerprint density at radius 1 is 1.35 bits per heavy atom. The van der Waals surface area contributed by atoms with E-state index >= 15 is 0 Å². The number of hydrogen-bond donors (Lipinski definition) is 2. The first-order valence-electron chi connectivity index (χ1n) is 5.56. The first kappa shape index (κ1) is 12.3. The van der Waals surface area contributed by atoms with Crippen LogP contribution in [0.5, 0.6) is 0 Å². The quantitative estimate of drug-likeness (QED) is 0.797. The molecule has 2 nitrogen and oxygen atoms in total. The number of rotatable bonds is 4. The summed E-state index contributed by atoms with van der Waals surface area (Å²) in [4.78, 5) is 1.31. The minimum Gasteiger partial charge on any atom is -0.396 e. The molecule has 0 aliphatic rings. The molecule has 0 saturated carbocycles. The van der Waals surface area contributed by atoms with Gasteiger partial charge in [0.25, 0.3) is 0 Å². The van der Waals surface area contributed by atoms with Gasteiger partial charge in [-0.15, -0.1) is 11.3 Å². The molecule has 90 valence electrons. The number of nitrogens with one attached hydrogen (secondary N) is 1. The molecule has 3 N–H and O–H groups in total. The fraction of sp³-hybridized carbons (Fsp3) is 0.231. The summed E-state index contributed by atoms with van der Waals surface area (Å²) in [6.07, 6.45) is 1.01. The van der Waals surface area contributed by atoms with Gasteiger partial charge in [-0.05, 0) is 30.0 Å². The van der Waals surface area contributed by atoms with Gasteiger partial charge in [0.2, 0.25) is 0 Å². The molecule has 0 amide bonds. The van der Waals surface area contributed by atoms with Gasteiger partial charge in [0, 0.05) is 4.88 Å². The molecule has 0 bridgehead atoms. The maximum atomic E-state index is 6.00. The van der Waals surface area contributed by atoms with Gasteiger partial charge in [-0.2, -0.15) is 0 Å². The molecular weight excluding hydrogens is 252 g/mol. The lowest BCUT2D eigenvalue weighted by atomic mass is 10.1. The third-order valence-corrected chi connectivity index (χ3v) is 3.99. The summed E-state index contributed by atoms with van der Waals surface area (Å²) in [5.41, 5.74) is 7.46. The van der Waals surface area contributed by atoms with Crippen LogP contribution in [0.4, 0.5) is 11.4 Å². The van der Waals surface area contributed by atoms with E-state index in [9.17, 15) is 0 Å². The zero-order chi connectivity index (χ0) is 12.3. The lowest BCUT2D eigenvalue weighted by molar-refractivity contribution is 0.764. The highest BCUT2D eigenvalue weighted by Crippen LogP contribution is 2.32. The smallest absolute Gasteiger partial charge is 0.0739 e. The summed E-state index contributed by atoms with van der Waals surface area (Å²) in [5, 5.41) is 6.12. The lowest BCUT2D eigenvalue weighted by Gasteiger charge is -2.18. The van der Waals surface area contributed by atoms with E-state index in [2.05, 4.69) is 29.8 Å². The Bertz CT molecular complexity index is 482. The molecule has 0 saturated heterocycles. The van der Waals surface area contributed by atoms with E-state index in [4.69, 9.17) is 17.3 Å². The van der Waals surface area contributed by atoms with Gasteiger partial charge in [-0.25, -0.2) is 0 Å². The molecule has 2 aromatic rings. The fourth-order valence-corrected chi connectivity index (χ4v) is 2.75. The van der Waals surface area contributed by atoms with Crippen LogP contribution in [-0.4, -0.2) is 0 Å².